The first-order valence-electron chi connectivity index (χ1n) is 12.8. The Morgan fingerprint density at radius 2 is 1.89 bits per heavy atom. The van der Waals surface area contributed by atoms with Gasteiger partial charge >= 0.3 is 0 Å². The predicted octanol–water partition coefficient (Wildman–Crippen LogP) is 3.83. The van der Waals surface area contributed by atoms with Crippen LogP contribution in [0.1, 0.15) is 43.0 Å². The van der Waals surface area contributed by atoms with E-state index >= 15 is 0 Å². The molecule has 2 saturated heterocycles. The molecule has 1 unspecified atom stereocenters. The molecule has 2 aromatic rings. The Balaban J connectivity index is 1.72. The quantitative estimate of drug-likeness (QED) is 0.173. The molecule has 4 rings (SSSR count). The molecular formula is C28H33N3O7. The molecule has 10 nitrogen and oxygen atoms in total. The molecular weight excluding hydrogens is 490 g/mol. The number of non-ortho nitro benzene ring substituents is 1. The van der Waals surface area contributed by atoms with E-state index in [1.54, 1.807) is 31.2 Å². The van der Waals surface area contributed by atoms with E-state index in [-0.39, 0.29) is 29.7 Å². The van der Waals surface area contributed by atoms with Crippen LogP contribution in [0.25, 0.3) is 5.76 Å². The van der Waals surface area contributed by atoms with Crippen molar-refractivity contribution < 1.29 is 29.1 Å². The summed E-state index contributed by atoms with van der Waals surface area (Å²) in [6.07, 6.45) is 0.559. The number of aryl methyl sites for hydroxylation is 1. The molecule has 2 aliphatic heterocycles. The monoisotopic (exact) mass is 523 g/mol. The number of ether oxygens (including phenoxy) is 2. The summed E-state index contributed by atoms with van der Waals surface area (Å²) in [6.45, 7) is 9.45. The van der Waals surface area contributed by atoms with Crippen molar-refractivity contribution in [2.45, 2.75) is 39.3 Å². The second-order valence-corrected chi connectivity index (χ2v) is 9.80. The van der Waals surface area contributed by atoms with Gasteiger partial charge in [-0.15, -0.1) is 0 Å². The predicted molar refractivity (Wildman–Crippen MR) is 141 cm³/mol. The lowest BCUT2D eigenvalue weighted by atomic mass is 9.93. The van der Waals surface area contributed by atoms with Crippen LogP contribution in [0.15, 0.2) is 48.0 Å². The number of amides is 1. The minimum atomic E-state index is -0.953. The molecule has 0 spiro atoms. The number of aliphatic hydroxyl groups is 1. The van der Waals surface area contributed by atoms with Crippen LogP contribution < -0.4 is 4.74 Å². The molecule has 1 atom stereocenters. The van der Waals surface area contributed by atoms with E-state index in [9.17, 15) is 24.8 Å². The van der Waals surface area contributed by atoms with Gasteiger partial charge in [-0.1, -0.05) is 12.1 Å². The summed E-state index contributed by atoms with van der Waals surface area (Å²) in [7, 11) is 0. The summed E-state index contributed by atoms with van der Waals surface area (Å²) in [5, 5.41) is 22.9. The molecule has 38 heavy (non-hydrogen) atoms. The average Bonchev–Trinajstić information content (AvgIpc) is 3.14. The van der Waals surface area contributed by atoms with Crippen LogP contribution in [-0.2, 0) is 14.3 Å². The molecule has 1 N–H and O–H groups in total. The number of nitro benzene ring substituents is 1. The van der Waals surface area contributed by atoms with E-state index in [2.05, 4.69) is 4.90 Å². The van der Waals surface area contributed by atoms with Gasteiger partial charge in [0.15, 0.2) is 0 Å². The lowest BCUT2D eigenvalue weighted by molar-refractivity contribution is -0.384. The van der Waals surface area contributed by atoms with Gasteiger partial charge in [-0.2, -0.15) is 0 Å². The Morgan fingerprint density at radius 1 is 1.16 bits per heavy atom. The fourth-order valence-electron chi connectivity index (χ4n) is 4.95. The lowest BCUT2D eigenvalue weighted by Gasteiger charge is -2.29. The molecule has 202 valence electrons. The van der Waals surface area contributed by atoms with Crippen LogP contribution in [0.4, 0.5) is 5.69 Å². The van der Waals surface area contributed by atoms with Gasteiger partial charge in [0.05, 0.1) is 35.9 Å². The zero-order valence-corrected chi connectivity index (χ0v) is 21.9. The highest BCUT2D eigenvalue weighted by molar-refractivity contribution is 6.46. The van der Waals surface area contributed by atoms with Crippen molar-refractivity contribution in [1.29, 1.82) is 0 Å². The Bertz CT molecular complexity index is 1250. The number of nitrogens with zero attached hydrogens (tertiary/aromatic N) is 3. The van der Waals surface area contributed by atoms with Crippen LogP contribution in [-0.4, -0.2) is 77.0 Å². The minimum absolute atomic E-state index is 0.0366. The maximum atomic E-state index is 13.3. The Kier molecular flexibility index (Phi) is 8.43. The van der Waals surface area contributed by atoms with Crippen molar-refractivity contribution in [3.05, 3.63) is 74.8 Å². The van der Waals surface area contributed by atoms with Crippen molar-refractivity contribution in [2.75, 3.05) is 39.4 Å². The van der Waals surface area contributed by atoms with E-state index in [1.807, 2.05) is 13.8 Å². The second-order valence-electron chi connectivity index (χ2n) is 9.80. The first kappa shape index (κ1) is 27.3. The number of Topliss-reactive ketones (excluding diaryl/α,β-unsaturated/α-hetero) is 1. The van der Waals surface area contributed by atoms with Gasteiger partial charge in [0.2, 0.25) is 0 Å². The lowest BCUT2D eigenvalue weighted by Crippen LogP contribution is -2.39. The maximum Gasteiger partial charge on any atom is 0.295 e. The van der Waals surface area contributed by atoms with Gasteiger partial charge in [0.1, 0.15) is 11.5 Å². The first-order chi connectivity index (χ1) is 18.2. The molecule has 0 saturated carbocycles. The van der Waals surface area contributed by atoms with Gasteiger partial charge in [-0.3, -0.25) is 24.6 Å². The first-order valence-corrected chi connectivity index (χ1v) is 12.8. The number of carbonyl (C=O) groups excluding carboxylic acids is 2. The zero-order chi connectivity index (χ0) is 27.4. The van der Waals surface area contributed by atoms with Crippen LogP contribution in [0, 0.1) is 17.0 Å². The average molecular weight is 524 g/mol. The topological polar surface area (TPSA) is 122 Å². The maximum absolute atomic E-state index is 13.3. The van der Waals surface area contributed by atoms with Crippen LogP contribution >= 0.6 is 0 Å². The summed E-state index contributed by atoms with van der Waals surface area (Å²) in [5.41, 5.74) is 1.21. The molecule has 2 fully saturated rings. The number of rotatable bonds is 9. The van der Waals surface area contributed by atoms with Gasteiger partial charge in [-0.25, -0.2) is 0 Å². The number of nitro groups is 1. The molecule has 2 aromatic carbocycles. The number of aliphatic hydroxyl groups excluding tert-OH is 1. The Labute approximate surface area is 221 Å². The van der Waals surface area contributed by atoms with Crippen LogP contribution in [0.5, 0.6) is 5.75 Å². The summed E-state index contributed by atoms with van der Waals surface area (Å²) in [4.78, 5) is 41.2. The summed E-state index contributed by atoms with van der Waals surface area (Å²) < 4.78 is 11.1. The van der Waals surface area contributed by atoms with Crippen LogP contribution in [0.2, 0.25) is 0 Å². The number of benzene rings is 2. The molecule has 2 heterocycles. The molecule has 0 aromatic heterocycles. The number of hydrogen-bond donors (Lipinski definition) is 1. The van der Waals surface area contributed by atoms with Gasteiger partial charge in [-0.05, 0) is 56.5 Å². The molecule has 2 aliphatic rings. The molecule has 0 radical (unpaired) electrons. The summed E-state index contributed by atoms with van der Waals surface area (Å²) in [6, 6.07) is 10.0. The number of likely N-dealkylation sites (tertiary alicyclic amines) is 1. The van der Waals surface area contributed by atoms with Crippen molar-refractivity contribution >= 4 is 23.1 Å². The van der Waals surface area contributed by atoms with E-state index in [1.165, 1.54) is 23.1 Å². The Morgan fingerprint density at radius 3 is 2.55 bits per heavy atom. The number of morpholine rings is 1. The number of ketones is 1. The van der Waals surface area contributed by atoms with Gasteiger partial charge in [0, 0.05) is 43.9 Å². The van der Waals surface area contributed by atoms with Crippen molar-refractivity contribution in [1.82, 2.24) is 9.80 Å². The highest BCUT2D eigenvalue weighted by Crippen LogP contribution is 2.41. The third-order valence-corrected chi connectivity index (χ3v) is 6.74. The standard InChI is InChI=1S/C28H33N3O7/c1-18(2)38-22-8-9-23(19(3)16-22)26(32)24-25(20-6-4-7-21(17-20)31(35)36)30(28(34)27(24)33)11-5-10-29-12-14-37-15-13-29/h4,6-9,16-18,25,32H,5,10-15H2,1-3H3/b26-24+. The number of hydrogen-bond acceptors (Lipinski definition) is 8. The highest BCUT2D eigenvalue weighted by Gasteiger charge is 2.46. The zero-order valence-electron chi connectivity index (χ0n) is 21.9. The van der Waals surface area contributed by atoms with E-state index in [0.29, 0.717) is 48.6 Å². The summed E-state index contributed by atoms with van der Waals surface area (Å²) in [5.74, 6) is -1.24. The Hall–Kier alpha value is -3.76. The molecule has 10 heteroatoms. The third-order valence-electron chi connectivity index (χ3n) is 6.74. The summed E-state index contributed by atoms with van der Waals surface area (Å²) >= 11 is 0. The van der Waals surface area contributed by atoms with E-state index < -0.39 is 22.7 Å². The minimum Gasteiger partial charge on any atom is -0.507 e. The molecule has 0 aliphatic carbocycles. The normalized spacial score (nSPS) is 19.8. The van der Waals surface area contributed by atoms with Crippen molar-refractivity contribution in [3.63, 3.8) is 0 Å². The highest BCUT2D eigenvalue weighted by atomic mass is 16.6. The van der Waals surface area contributed by atoms with Crippen molar-refractivity contribution in [3.8, 4) is 5.75 Å². The van der Waals surface area contributed by atoms with Crippen molar-refractivity contribution in [2.24, 2.45) is 0 Å². The van der Waals surface area contributed by atoms with Crippen LogP contribution in [0.3, 0.4) is 0 Å². The SMILES string of the molecule is Cc1cc(OC(C)C)ccc1/C(O)=C1\C(=O)C(=O)N(CCCN2CCOCC2)C1c1cccc([N+](=O)[O-])c1. The molecule has 0 bridgehead atoms. The smallest absolute Gasteiger partial charge is 0.295 e. The second kappa shape index (κ2) is 11.7. The fourth-order valence-corrected chi connectivity index (χ4v) is 4.95. The third kappa shape index (κ3) is 5.87. The van der Waals surface area contributed by atoms with E-state index in [0.717, 1.165) is 13.1 Å². The fraction of sp³-hybridized carbons (Fsp3) is 0.429. The van der Waals surface area contributed by atoms with Gasteiger partial charge in [0.25, 0.3) is 17.4 Å². The van der Waals surface area contributed by atoms with E-state index in [4.69, 9.17) is 9.47 Å². The molecule has 1 amide bonds. The van der Waals surface area contributed by atoms with Gasteiger partial charge < -0.3 is 19.5 Å². The largest absolute Gasteiger partial charge is 0.507 e. The number of carbonyl (C=O) groups is 2.